The van der Waals surface area contributed by atoms with E-state index in [9.17, 15) is 0 Å². The second-order valence-electron chi connectivity index (χ2n) is 6.95. The predicted molar refractivity (Wildman–Crippen MR) is 82.8 cm³/mol. The molecule has 3 heteroatoms. The maximum absolute atomic E-state index is 6.24. The molecular weight excluding hydrogens is 250 g/mol. The van der Waals surface area contributed by atoms with Crippen LogP contribution in [-0.4, -0.2) is 20.3 Å². The normalized spacial score (nSPS) is 18.6. The number of nitrogens with two attached hydrogens (primary N) is 1. The van der Waals surface area contributed by atoms with Crippen LogP contribution in [-0.2, 0) is 10.8 Å². The first kappa shape index (κ1) is 15.2. The molecule has 0 spiro atoms. The maximum atomic E-state index is 6.24. The Labute approximate surface area is 122 Å². The molecule has 1 fully saturated rings. The van der Waals surface area contributed by atoms with Crippen molar-refractivity contribution in [1.82, 2.24) is 0 Å². The second kappa shape index (κ2) is 4.96. The third-order valence-corrected chi connectivity index (χ3v) is 4.54. The third kappa shape index (κ3) is 2.39. The van der Waals surface area contributed by atoms with E-state index >= 15 is 0 Å². The summed E-state index contributed by atoms with van der Waals surface area (Å²) < 4.78 is 11.2. The summed E-state index contributed by atoms with van der Waals surface area (Å²) in [7, 11) is 3.40. The van der Waals surface area contributed by atoms with Crippen molar-refractivity contribution in [2.75, 3.05) is 14.2 Å². The molecule has 0 amide bonds. The highest BCUT2D eigenvalue weighted by atomic mass is 16.5. The Balaban J connectivity index is 2.65. The highest BCUT2D eigenvalue weighted by molar-refractivity contribution is 5.56. The van der Waals surface area contributed by atoms with Gasteiger partial charge in [-0.15, -0.1) is 0 Å². The van der Waals surface area contributed by atoms with Gasteiger partial charge in [-0.25, -0.2) is 0 Å². The van der Waals surface area contributed by atoms with Crippen molar-refractivity contribution in [2.24, 2.45) is 5.73 Å². The molecule has 20 heavy (non-hydrogen) atoms. The molecule has 0 radical (unpaired) electrons. The van der Waals surface area contributed by atoms with Crippen LogP contribution in [0.1, 0.15) is 51.7 Å². The van der Waals surface area contributed by atoms with Gasteiger partial charge in [-0.05, 0) is 36.8 Å². The Bertz CT molecular complexity index is 496. The standard InChI is InChI=1S/C17H27NO2/c1-11(18)17(7-8-17)13-9-12(16(2,3)4)10-14(19-5)15(13)20-6/h9-11H,7-8,18H2,1-6H3. The van der Waals surface area contributed by atoms with E-state index in [2.05, 4.69) is 39.8 Å². The van der Waals surface area contributed by atoms with Gasteiger partial charge >= 0.3 is 0 Å². The lowest BCUT2D eigenvalue weighted by Gasteiger charge is -2.28. The number of hydrogen-bond donors (Lipinski definition) is 1. The Morgan fingerprint density at radius 1 is 1.15 bits per heavy atom. The van der Waals surface area contributed by atoms with E-state index in [-0.39, 0.29) is 16.9 Å². The quantitative estimate of drug-likeness (QED) is 0.917. The van der Waals surface area contributed by atoms with Gasteiger partial charge in [0.2, 0.25) is 0 Å². The van der Waals surface area contributed by atoms with Crippen LogP contribution < -0.4 is 15.2 Å². The van der Waals surface area contributed by atoms with Crippen LogP contribution >= 0.6 is 0 Å². The summed E-state index contributed by atoms with van der Waals surface area (Å²) >= 11 is 0. The second-order valence-corrected chi connectivity index (χ2v) is 6.95. The molecule has 0 heterocycles. The topological polar surface area (TPSA) is 44.5 Å². The first-order chi connectivity index (χ1) is 9.26. The van der Waals surface area contributed by atoms with E-state index in [0.29, 0.717) is 0 Å². The predicted octanol–water partition coefficient (Wildman–Crippen LogP) is 3.38. The van der Waals surface area contributed by atoms with E-state index in [1.54, 1.807) is 14.2 Å². The third-order valence-electron chi connectivity index (χ3n) is 4.54. The first-order valence-corrected chi connectivity index (χ1v) is 7.29. The number of ether oxygens (including phenoxy) is 2. The first-order valence-electron chi connectivity index (χ1n) is 7.29. The van der Waals surface area contributed by atoms with E-state index in [4.69, 9.17) is 15.2 Å². The zero-order valence-electron chi connectivity index (χ0n) is 13.5. The minimum Gasteiger partial charge on any atom is -0.493 e. The van der Waals surface area contributed by atoms with Gasteiger partial charge in [0.15, 0.2) is 11.5 Å². The van der Waals surface area contributed by atoms with E-state index in [0.717, 1.165) is 24.3 Å². The highest BCUT2D eigenvalue weighted by Gasteiger charge is 2.50. The van der Waals surface area contributed by atoms with Crippen molar-refractivity contribution in [3.05, 3.63) is 23.3 Å². The van der Waals surface area contributed by atoms with Gasteiger partial charge in [0.05, 0.1) is 14.2 Å². The fourth-order valence-corrected chi connectivity index (χ4v) is 2.87. The van der Waals surface area contributed by atoms with E-state index < -0.39 is 0 Å². The zero-order valence-corrected chi connectivity index (χ0v) is 13.5. The molecule has 0 aromatic heterocycles. The highest BCUT2D eigenvalue weighted by Crippen LogP contribution is 2.55. The van der Waals surface area contributed by atoms with Crippen LogP contribution in [0, 0.1) is 0 Å². The van der Waals surface area contributed by atoms with Crippen LogP contribution in [0.4, 0.5) is 0 Å². The van der Waals surface area contributed by atoms with Crippen molar-refractivity contribution in [3.8, 4) is 11.5 Å². The summed E-state index contributed by atoms with van der Waals surface area (Å²) in [6.45, 7) is 8.72. The molecule has 0 bridgehead atoms. The van der Waals surface area contributed by atoms with Gasteiger partial charge in [-0.2, -0.15) is 0 Å². The fraction of sp³-hybridized carbons (Fsp3) is 0.647. The largest absolute Gasteiger partial charge is 0.493 e. The number of benzene rings is 1. The van der Waals surface area contributed by atoms with Crippen LogP contribution in [0.15, 0.2) is 12.1 Å². The number of methoxy groups -OCH3 is 2. The lowest BCUT2D eigenvalue weighted by atomic mass is 9.81. The summed E-state index contributed by atoms with van der Waals surface area (Å²) in [5, 5.41) is 0. The lowest BCUT2D eigenvalue weighted by molar-refractivity contribution is 0.344. The average molecular weight is 277 g/mol. The monoisotopic (exact) mass is 277 g/mol. The Morgan fingerprint density at radius 3 is 2.10 bits per heavy atom. The van der Waals surface area contributed by atoms with Crippen molar-refractivity contribution in [3.63, 3.8) is 0 Å². The van der Waals surface area contributed by atoms with Crippen LogP contribution in [0.3, 0.4) is 0 Å². The molecule has 1 saturated carbocycles. The summed E-state index contributed by atoms with van der Waals surface area (Å²) in [6.07, 6.45) is 2.25. The molecule has 0 saturated heterocycles. The van der Waals surface area contributed by atoms with Crippen molar-refractivity contribution in [2.45, 2.75) is 57.4 Å². The molecule has 0 aliphatic heterocycles. The molecule has 2 N–H and O–H groups in total. The van der Waals surface area contributed by atoms with Gasteiger partial charge in [0.1, 0.15) is 0 Å². The molecule has 112 valence electrons. The van der Waals surface area contributed by atoms with Gasteiger partial charge in [-0.1, -0.05) is 26.8 Å². The van der Waals surface area contributed by atoms with Crippen LogP contribution in [0.25, 0.3) is 0 Å². The Hall–Kier alpha value is -1.22. The molecule has 2 rings (SSSR count). The zero-order chi connectivity index (χ0) is 15.1. The summed E-state index contributed by atoms with van der Waals surface area (Å²) in [5.41, 5.74) is 8.84. The van der Waals surface area contributed by atoms with Crippen LogP contribution in [0.5, 0.6) is 11.5 Å². The average Bonchev–Trinajstić information content (AvgIpc) is 3.17. The SMILES string of the molecule is COc1cc(C(C)(C)C)cc(C2(C(C)N)CC2)c1OC. The lowest BCUT2D eigenvalue weighted by Crippen LogP contribution is -2.32. The fourth-order valence-electron chi connectivity index (χ4n) is 2.87. The molecule has 1 unspecified atom stereocenters. The smallest absolute Gasteiger partial charge is 0.164 e. The van der Waals surface area contributed by atoms with Crippen molar-refractivity contribution < 1.29 is 9.47 Å². The maximum Gasteiger partial charge on any atom is 0.164 e. The van der Waals surface area contributed by atoms with E-state index in [1.807, 2.05) is 0 Å². The van der Waals surface area contributed by atoms with Gasteiger partial charge in [0.25, 0.3) is 0 Å². The van der Waals surface area contributed by atoms with Gasteiger partial charge in [-0.3, -0.25) is 0 Å². The molecule has 3 nitrogen and oxygen atoms in total. The van der Waals surface area contributed by atoms with Gasteiger partial charge < -0.3 is 15.2 Å². The molecular formula is C17H27NO2. The Morgan fingerprint density at radius 2 is 1.75 bits per heavy atom. The number of rotatable bonds is 4. The minimum absolute atomic E-state index is 0.0554. The molecule has 1 atom stereocenters. The van der Waals surface area contributed by atoms with Crippen molar-refractivity contribution in [1.29, 1.82) is 0 Å². The molecule has 1 aromatic rings. The van der Waals surface area contributed by atoms with Crippen molar-refractivity contribution >= 4 is 0 Å². The van der Waals surface area contributed by atoms with Crippen LogP contribution in [0.2, 0.25) is 0 Å². The summed E-state index contributed by atoms with van der Waals surface area (Å²) in [6, 6.07) is 4.47. The van der Waals surface area contributed by atoms with Gasteiger partial charge in [0, 0.05) is 17.0 Å². The molecule has 1 aliphatic carbocycles. The Kier molecular flexibility index (Phi) is 3.76. The van der Waals surface area contributed by atoms with E-state index in [1.165, 1.54) is 11.1 Å². The summed E-state index contributed by atoms with van der Waals surface area (Å²) in [4.78, 5) is 0. The minimum atomic E-state index is 0.0554. The molecule has 1 aliphatic rings. The number of hydrogen-bond acceptors (Lipinski definition) is 3. The summed E-state index contributed by atoms with van der Waals surface area (Å²) in [5.74, 6) is 1.65. The molecule has 1 aromatic carbocycles.